The fourth-order valence-electron chi connectivity index (χ4n) is 4.90. The number of hydrogen-bond donors (Lipinski definition) is 1. The topological polar surface area (TPSA) is 113 Å². The summed E-state index contributed by atoms with van der Waals surface area (Å²) in [5.41, 5.74) is 9.33. The first-order valence-electron chi connectivity index (χ1n) is 12.1. The van der Waals surface area contributed by atoms with Gasteiger partial charge in [0.1, 0.15) is 11.3 Å². The van der Waals surface area contributed by atoms with Crippen LogP contribution in [0.3, 0.4) is 0 Å². The second-order valence-electron chi connectivity index (χ2n) is 9.91. The lowest BCUT2D eigenvalue weighted by Crippen LogP contribution is -2.37. The van der Waals surface area contributed by atoms with E-state index >= 15 is 0 Å². The van der Waals surface area contributed by atoms with Crippen molar-refractivity contribution in [2.45, 2.75) is 44.7 Å². The monoisotopic (exact) mass is 519 g/mol. The summed E-state index contributed by atoms with van der Waals surface area (Å²) in [6.45, 7) is 5.99. The van der Waals surface area contributed by atoms with Gasteiger partial charge in [-0.25, -0.2) is 12.4 Å². The number of Topliss-reactive ketones (excluding diaryl/α,β-unsaturated/α-hetero) is 1. The second kappa shape index (κ2) is 9.00. The number of benzene rings is 2. The Morgan fingerprint density at radius 3 is 2.43 bits per heavy atom. The molecule has 1 aliphatic heterocycles. The van der Waals surface area contributed by atoms with E-state index in [0.29, 0.717) is 22.3 Å². The summed E-state index contributed by atoms with van der Waals surface area (Å²) in [5, 5.41) is 0.469. The minimum Gasteiger partial charge on any atom is -0.481 e. The molecular weight excluding hydrogens is 490 g/mol. The van der Waals surface area contributed by atoms with E-state index in [2.05, 4.69) is 0 Å². The van der Waals surface area contributed by atoms with Gasteiger partial charge in [-0.1, -0.05) is 37.6 Å². The Morgan fingerprint density at radius 2 is 1.78 bits per heavy atom. The fourth-order valence-corrected chi connectivity index (χ4v) is 6.25. The highest BCUT2D eigenvalue weighted by atomic mass is 32.2. The molecule has 0 radical (unpaired) electrons. The lowest BCUT2D eigenvalue weighted by molar-refractivity contribution is -0.128. The lowest BCUT2D eigenvalue weighted by Gasteiger charge is -2.30. The van der Waals surface area contributed by atoms with Gasteiger partial charge < -0.3 is 15.0 Å². The van der Waals surface area contributed by atoms with E-state index < -0.39 is 21.7 Å². The first-order valence-corrected chi connectivity index (χ1v) is 13.6. The molecule has 1 unspecified atom stereocenters. The molecule has 4 aromatic rings. The number of hydrogen-bond acceptors (Lipinski definition) is 6. The largest absolute Gasteiger partial charge is 0.481 e. The Kier molecular flexibility index (Phi) is 6.08. The molecule has 9 heteroatoms. The summed E-state index contributed by atoms with van der Waals surface area (Å²) in [7, 11) is -2.44. The van der Waals surface area contributed by atoms with Crippen LogP contribution in [0.4, 0.5) is 0 Å². The molecular formula is C28H29N3O5S. The van der Waals surface area contributed by atoms with Crippen LogP contribution in [0, 0.1) is 12.8 Å². The smallest absolute Gasteiger partial charge is 0.275 e. The fraction of sp³-hybridized carbons (Fsp3) is 0.286. The van der Waals surface area contributed by atoms with Crippen molar-refractivity contribution in [1.82, 2.24) is 8.54 Å². The van der Waals surface area contributed by atoms with Crippen LogP contribution < -0.4 is 16.0 Å². The zero-order valence-electron chi connectivity index (χ0n) is 21.2. The van der Waals surface area contributed by atoms with Crippen LogP contribution in [-0.2, 0) is 34.8 Å². The Bertz CT molecular complexity index is 1710. The van der Waals surface area contributed by atoms with Crippen LogP contribution in [0.2, 0.25) is 0 Å². The Balaban J connectivity index is 1.79. The number of pyridine rings is 1. The van der Waals surface area contributed by atoms with Crippen molar-refractivity contribution in [3.63, 3.8) is 0 Å². The number of ketones is 1. The molecule has 2 aromatic carbocycles. The van der Waals surface area contributed by atoms with Crippen molar-refractivity contribution in [3.8, 4) is 16.9 Å². The maximum absolute atomic E-state index is 13.6. The summed E-state index contributed by atoms with van der Waals surface area (Å²) in [6, 6.07) is 11.9. The van der Waals surface area contributed by atoms with Gasteiger partial charge in [0.15, 0.2) is 11.9 Å². The number of ether oxygens (including phenoxy) is 1. The number of carbonyl (C=O) groups is 1. The molecule has 0 aliphatic carbocycles. The van der Waals surface area contributed by atoms with Crippen LogP contribution in [0.25, 0.3) is 22.0 Å². The molecule has 3 heterocycles. The minimum atomic E-state index is -4.03. The maximum atomic E-state index is 13.6. The van der Waals surface area contributed by atoms with Crippen LogP contribution in [0.5, 0.6) is 5.75 Å². The van der Waals surface area contributed by atoms with Crippen molar-refractivity contribution in [3.05, 3.63) is 81.9 Å². The Hall–Kier alpha value is -3.69. The molecule has 0 fully saturated rings. The summed E-state index contributed by atoms with van der Waals surface area (Å²) >= 11 is 0. The number of nitrogens with zero attached hydrogens (tertiary/aromatic N) is 2. The van der Waals surface area contributed by atoms with Gasteiger partial charge in [-0.2, -0.15) is 0 Å². The molecule has 0 amide bonds. The third-order valence-corrected chi connectivity index (χ3v) is 8.54. The minimum absolute atomic E-state index is 0.00331. The van der Waals surface area contributed by atoms with Gasteiger partial charge >= 0.3 is 0 Å². The van der Waals surface area contributed by atoms with Crippen molar-refractivity contribution >= 4 is 26.7 Å². The summed E-state index contributed by atoms with van der Waals surface area (Å²) in [5.74, 6) is 0.539. The van der Waals surface area contributed by atoms with Gasteiger partial charge in [0.05, 0.1) is 4.90 Å². The highest BCUT2D eigenvalue weighted by Gasteiger charge is 2.33. The summed E-state index contributed by atoms with van der Waals surface area (Å²) in [4.78, 5) is 26.1. The molecule has 5 rings (SSSR count). The predicted octanol–water partition coefficient (Wildman–Crippen LogP) is 3.54. The van der Waals surface area contributed by atoms with Crippen LogP contribution in [-0.4, -0.2) is 28.8 Å². The van der Waals surface area contributed by atoms with E-state index in [0.717, 1.165) is 20.7 Å². The number of aromatic nitrogens is 2. The molecule has 0 saturated carbocycles. The molecule has 0 bridgehead atoms. The van der Waals surface area contributed by atoms with E-state index in [1.165, 1.54) is 22.9 Å². The van der Waals surface area contributed by atoms with Gasteiger partial charge in [-0.3, -0.25) is 9.59 Å². The van der Waals surface area contributed by atoms with E-state index in [9.17, 15) is 18.0 Å². The van der Waals surface area contributed by atoms with E-state index in [4.69, 9.17) is 10.5 Å². The number of rotatable bonds is 5. The third kappa shape index (κ3) is 4.08. The second-order valence-corrected chi connectivity index (χ2v) is 11.7. The van der Waals surface area contributed by atoms with Gasteiger partial charge in [-0.15, -0.1) is 0 Å². The molecule has 0 spiro atoms. The van der Waals surface area contributed by atoms with Crippen molar-refractivity contribution < 1.29 is 17.9 Å². The lowest BCUT2D eigenvalue weighted by atomic mass is 9.89. The zero-order chi connectivity index (χ0) is 26.6. The number of carbonyl (C=O) groups excluding carboxylic acids is 1. The molecule has 2 aromatic heterocycles. The number of fused-ring (bicyclic) bond motifs is 2. The third-order valence-electron chi connectivity index (χ3n) is 6.85. The normalized spacial score (nSPS) is 15.7. The van der Waals surface area contributed by atoms with E-state index in [-0.39, 0.29) is 35.1 Å². The first kappa shape index (κ1) is 25.0. The average Bonchev–Trinajstić information content (AvgIpc) is 3.31. The van der Waals surface area contributed by atoms with E-state index in [1.807, 2.05) is 32.9 Å². The molecule has 1 aliphatic rings. The predicted molar refractivity (Wildman–Crippen MR) is 142 cm³/mol. The summed E-state index contributed by atoms with van der Waals surface area (Å²) < 4.78 is 35.8. The molecule has 0 saturated heterocycles. The van der Waals surface area contributed by atoms with E-state index in [1.54, 1.807) is 31.4 Å². The zero-order valence-corrected chi connectivity index (χ0v) is 22.0. The maximum Gasteiger partial charge on any atom is 0.275 e. The highest BCUT2D eigenvalue weighted by molar-refractivity contribution is 7.90. The van der Waals surface area contributed by atoms with Crippen LogP contribution in [0.1, 0.15) is 30.5 Å². The molecule has 192 valence electrons. The highest BCUT2D eigenvalue weighted by Crippen LogP contribution is 2.41. The number of aryl methyl sites for hydroxylation is 2. The van der Waals surface area contributed by atoms with Gasteiger partial charge in [0.2, 0.25) is 0 Å². The Labute approximate surface area is 215 Å². The molecule has 8 nitrogen and oxygen atoms in total. The molecule has 1 atom stereocenters. The quantitative estimate of drug-likeness (QED) is 0.432. The molecule has 37 heavy (non-hydrogen) atoms. The average molecular weight is 520 g/mol. The SMILES string of the molecule is Cc1ccc(S(=O)(=O)n2ccc3c(-c4cc(CN)cc5c4OC(C(C)C)C(=O)C5)cn(C)c(=O)c32)cc1. The van der Waals surface area contributed by atoms with Crippen LogP contribution >= 0.6 is 0 Å². The van der Waals surface area contributed by atoms with Gasteiger partial charge in [0, 0.05) is 54.5 Å². The van der Waals surface area contributed by atoms with Crippen molar-refractivity contribution in [1.29, 1.82) is 0 Å². The first-order chi connectivity index (χ1) is 17.5. The van der Waals surface area contributed by atoms with Gasteiger partial charge in [0.25, 0.3) is 15.6 Å². The number of nitrogens with two attached hydrogens (primary N) is 1. The van der Waals surface area contributed by atoms with Crippen LogP contribution in [0.15, 0.2) is 64.5 Å². The summed E-state index contributed by atoms with van der Waals surface area (Å²) in [6.07, 6.45) is 2.71. The molecule has 2 N–H and O–H groups in total. The van der Waals surface area contributed by atoms with Gasteiger partial charge in [-0.05, 0) is 42.7 Å². The standard InChI is InChI=1S/C28H29N3O5S/c1-16(2)26-24(32)13-19-11-18(14-29)12-22(27(19)36-26)23-15-30(4)28(33)25-21(23)9-10-31(25)37(34,35)20-7-5-17(3)6-8-20/h5-12,15-16,26H,13-14,29H2,1-4H3. The van der Waals surface area contributed by atoms with Crippen molar-refractivity contribution in [2.75, 3.05) is 0 Å². The Morgan fingerprint density at radius 1 is 1.08 bits per heavy atom. The van der Waals surface area contributed by atoms with Crippen molar-refractivity contribution in [2.24, 2.45) is 18.7 Å².